The summed E-state index contributed by atoms with van der Waals surface area (Å²) in [5.74, 6) is -2.87. The van der Waals surface area contributed by atoms with Crippen LogP contribution >= 0.6 is 0 Å². The Labute approximate surface area is 379 Å². The first-order chi connectivity index (χ1) is 32.0. The largest absolute Gasteiger partial charge is 0.490 e. The van der Waals surface area contributed by atoms with Crippen molar-refractivity contribution in [2.45, 2.75) is 82.0 Å². The van der Waals surface area contributed by atoms with Gasteiger partial charge in [-0.05, 0) is 123 Å². The van der Waals surface area contributed by atoms with Crippen LogP contribution < -0.4 is 25.6 Å². The van der Waals surface area contributed by atoms with Crippen LogP contribution in [-0.2, 0) is 20.7 Å². The summed E-state index contributed by atoms with van der Waals surface area (Å²) >= 11 is 0. The zero-order chi connectivity index (χ0) is 45.5. The van der Waals surface area contributed by atoms with Gasteiger partial charge in [-0.3, -0.25) is 44.2 Å². The van der Waals surface area contributed by atoms with E-state index in [2.05, 4.69) is 42.0 Å². The number of carbonyl (C=O) groups is 5. The van der Waals surface area contributed by atoms with Crippen LogP contribution in [0.25, 0.3) is 10.9 Å². The molecule has 5 heterocycles. The summed E-state index contributed by atoms with van der Waals surface area (Å²) in [6.45, 7) is 4.69. The lowest BCUT2D eigenvalue weighted by Gasteiger charge is -2.42. The van der Waals surface area contributed by atoms with E-state index in [1.807, 2.05) is 30.3 Å². The van der Waals surface area contributed by atoms with Gasteiger partial charge in [0.15, 0.2) is 5.82 Å². The van der Waals surface area contributed by atoms with Crippen molar-refractivity contribution in [3.63, 3.8) is 0 Å². The van der Waals surface area contributed by atoms with E-state index in [1.165, 1.54) is 12.1 Å². The molecule has 10 rings (SSSR count). The number of ether oxygens (including phenoxy) is 2. The molecule has 17 heteroatoms. The zero-order valence-corrected chi connectivity index (χ0v) is 36.2. The average molecular weight is 901 g/mol. The van der Waals surface area contributed by atoms with Gasteiger partial charge in [-0.15, -0.1) is 0 Å². The van der Waals surface area contributed by atoms with Crippen LogP contribution in [-0.4, -0.2) is 113 Å². The zero-order valence-electron chi connectivity index (χ0n) is 36.2. The molecule has 3 saturated heterocycles. The summed E-state index contributed by atoms with van der Waals surface area (Å²) < 4.78 is 39.8. The number of hydrogen-bond acceptors (Lipinski definition) is 11. The average Bonchev–Trinajstić information content (AvgIpc) is 3.82. The van der Waals surface area contributed by atoms with Crippen LogP contribution in [0.5, 0.6) is 5.75 Å². The fraction of sp³-hybridized carbons (Fsp3) is 0.388. The number of piperidine rings is 1. The van der Waals surface area contributed by atoms with Gasteiger partial charge in [-0.2, -0.15) is 5.10 Å². The molecule has 5 aliphatic rings. The fourth-order valence-corrected chi connectivity index (χ4v) is 10.1. The number of anilines is 3. The van der Waals surface area contributed by atoms with Gasteiger partial charge >= 0.3 is 0 Å². The Bertz CT molecular complexity index is 2700. The molecule has 15 nitrogen and oxygen atoms in total. The molecule has 5 amide bonds. The first-order valence-corrected chi connectivity index (χ1v) is 22.8. The van der Waals surface area contributed by atoms with Gasteiger partial charge in [0.05, 0.1) is 28.3 Å². The summed E-state index contributed by atoms with van der Waals surface area (Å²) in [4.78, 5) is 70.5. The number of hydrogen-bond donors (Lipinski definition) is 4. The minimum Gasteiger partial charge on any atom is -0.490 e. The van der Waals surface area contributed by atoms with E-state index in [-0.39, 0.29) is 42.0 Å². The van der Waals surface area contributed by atoms with E-state index < -0.39 is 41.3 Å². The third-order valence-electron chi connectivity index (χ3n) is 13.6. The Morgan fingerprint density at radius 2 is 1.55 bits per heavy atom. The number of nitrogens with zero attached hydrogens (tertiary/aromatic N) is 4. The minimum atomic E-state index is -1.02. The van der Waals surface area contributed by atoms with Crippen molar-refractivity contribution < 1.29 is 42.2 Å². The van der Waals surface area contributed by atoms with Crippen molar-refractivity contribution in [1.82, 2.24) is 25.3 Å². The molecular weight excluding hydrogens is 851 g/mol. The number of H-pyrrole nitrogens is 1. The van der Waals surface area contributed by atoms with E-state index >= 15 is 0 Å². The fourth-order valence-electron chi connectivity index (χ4n) is 10.1. The first kappa shape index (κ1) is 43.2. The number of aromatic nitrogens is 2. The predicted molar refractivity (Wildman–Crippen MR) is 241 cm³/mol. The van der Waals surface area contributed by atoms with Crippen molar-refractivity contribution in [3.05, 3.63) is 112 Å². The Kier molecular flexibility index (Phi) is 12.0. The summed E-state index contributed by atoms with van der Waals surface area (Å²) in [5, 5.41) is 17.0. The predicted octanol–water partition coefficient (Wildman–Crippen LogP) is 6.19. The number of amides is 5. The first-order valence-electron chi connectivity index (χ1n) is 22.8. The number of fused-ring (bicyclic) bond motifs is 2. The van der Waals surface area contributed by atoms with Crippen molar-refractivity contribution in [2.75, 3.05) is 54.9 Å². The van der Waals surface area contributed by atoms with E-state index in [0.29, 0.717) is 59.3 Å². The highest BCUT2D eigenvalue weighted by Gasteiger charge is 2.45. The number of carbonyl (C=O) groups excluding carboxylic acids is 5. The number of piperazine rings is 1. The molecule has 0 bridgehead atoms. The highest BCUT2D eigenvalue weighted by atomic mass is 19.1. The number of aromatic amines is 1. The van der Waals surface area contributed by atoms with Gasteiger partial charge in [0, 0.05) is 80.7 Å². The number of nitrogens with one attached hydrogen (secondary N) is 4. The molecule has 4 N–H and O–H groups in total. The van der Waals surface area contributed by atoms with Crippen molar-refractivity contribution in [1.29, 1.82) is 0 Å². The molecule has 4 fully saturated rings. The third kappa shape index (κ3) is 8.96. The van der Waals surface area contributed by atoms with Gasteiger partial charge < -0.3 is 25.0 Å². The molecule has 66 heavy (non-hydrogen) atoms. The summed E-state index contributed by atoms with van der Waals surface area (Å²) in [5.41, 5.74) is 4.70. The molecule has 4 aliphatic heterocycles. The van der Waals surface area contributed by atoms with E-state index in [9.17, 15) is 32.8 Å². The van der Waals surface area contributed by atoms with Gasteiger partial charge in [0.1, 0.15) is 23.4 Å². The number of rotatable bonds is 11. The second-order valence-electron chi connectivity index (χ2n) is 17.8. The summed E-state index contributed by atoms with van der Waals surface area (Å²) in [6.07, 6.45) is 5.66. The van der Waals surface area contributed by atoms with Crippen molar-refractivity contribution in [3.8, 4) is 5.75 Å². The molecule has 5 aromatic rings. The van der Waals surface area contributed by atoms with Crippen LogP contribution in [0.1, 0.15) is 93.6 Å². The molecule has 1 aromatic heterocycles. The molecule has 0 spiro atoms. The molecular formula is C49H50F2N8O7. The van der Waals surface area contributed by atoms with E-state index in [4.69, 9.17) is 9.47 Å². The number of halogens is 2. The topological polar surface area (TPSA) is 178 Å². The van der Waals surface area contributed by atoms with Crippen LogP contribution in [0.3, 0.4) is 0 Å². The molecule has 1 saturated carbocycles. The second-order valence-corrected chi connectivity index (χ2v) is 17.8. The quantitative estimate of drug-likeness (QED) is 0.111. The molecule has 342 valence electrons. The van der Waals surface area contributed by atoms with Crippen LogP contribution in [0, 0.1) is 11.6 Å². The third-order valence-corrected chi connectivity index (χ3v) is 13.6. The SMILES string of the molecule is O=C1CCC(N2C(=O)c3ccc(OC4CCC(N5CCN(c6ccc(C(=O)Nc7n[nH]c8ccc(Cc9cc(F)cc(F)c9)cc78)c(NC7CCOCC7)c6)CC5)CC4)cc3C2=O)C(=O)N1. The normalized spacial score (nSPS) is 21.8. The smallest absolute Gasteiger partial charge is 0.262 e. The standard InChI is InChI=1S/C49H50F2N8O7/c50-30-22-29(23-31(51)25-30)21-28-1-10-41-40(24-28)45(56-55-41)54-46(61)38-8-4-34(26-42(38)52-32-13-19-65-20-14-32)58-17-15-57(16-18-58)33-2-5-35(6-3-33)66-36-7-9-37-39(27-36)49(64)59(48(37)63)43-11-12-44(60)53-47(43)62/h1,4,7-10,22-27,32-33,35,43,52H,2-3,5-6,11-21H2,(H,53,60,62)(H2,54,55,56,61). The Morgan fingerprint density at radius 1 is 0.788 bits per heavy atom. The Hall–Kier alpha value is -6.72. The van der Waals surface area contributed by atoms with Gasteiger partial charge in [0.25, 0.3) is 17.7 Å². The van der Waals surface area contributed by atoms with Crippen LogP contribution in [0.4, 0.5) is 26.0 Å². The molecule has 4 aromatic carbocycles. The van der Waals surface area contributed by atoms with Crippen molar-refractivity contribution in [2.24, 2.45) is 0 Å². The number of benzene rings is 4. The molecule has 1 atom stereocenters. The Balaban J connectivity index is 0.758. The summed E-state index contributed by atoms with van der Waals surface area (Å²) in [7, 11) is 0. The molecule has 0 radical (unpaired) electrons. The monoisotopic (exact) mass is 900 g/mol. The van der Waals surface area contributed by atoms with Gasteiger partial charge in [-0.25, -0.2) is 8.78 Å². The van der Waals surface area contributed by atoms with Crippen LogP contribution in [0.2, 0.25) is 0 Å². The summed E-state index contributed by atoms with van der Waals surface area (Å²) in [6, 6.07) is 19.4. The lowest BCUT2D eigenvalue weighted by molar-refractivity contribution is -0.136. The van der Waals surface area contributed by atoms with Crippen LogP contribution in [0.15, 0.2) is 72.8 Å². The van der Waals surface area contributed by atoms with E-state index in [1.54, 1.807) is 18.2 Å². The van der Waals surface area contributed by atoms with Crippen molar-refractivity contribution >= 4 is 57.6 Å². The maximum absolute atomic E-state index is 14.1. The lowest BCUT2D eigenvalue weighted by atomic mass is 9.91. The maximum Gasteiger partial charge on any atom is 0.262 e. The van der Waals surface area contributed by atoms with Gasteiger partial charge in [0.2, 0.25) is 11.8 Å². The molecule has 1 aliphatic carbocycles. The highest BCUT2D eigenvalue weighted by Crippen LogP contribution is 2.34. The maximum atomic E-state index is 14.1. The Morgan fingerprint density at radius 3 is 2.30 bits per heavy atom. The second kappa shape index (κ2) is 18.3. The minimum absolute atomic E-state index is 0.0421. The molecule has 1 unspecified atom stereocenters. The lowest BCUT2D eigenvalue weighted by Crippen LogP contribution is -2.54. The number of imide groups is 2. The van der Waals surface area contributed by atoms with Gasteiger partial charge in [-0.1, -0.05) is 6.07 Å². The van der Waals surface area contributed by atoms with E-state index in [0.717, 1.165) is 92.6 Å². The highest BCUT2D eigenvalue weighted by molar-refractivity contribution is 6.23.